The molecule has 0 radical (unpaired) electrons. The SMILES string of the molecule is CC(C)C(CC(=O)O)NS(=O)(=O)C(F)(F)F. The fourth-order valence-corrected chi connectivity index (χ4v) is 1.76. The molecule has 1 atom stereocenters. The highest BCUT2D eigenvalue weighted by atomic mass is 32.2. The molecule has 0 aliphatic heterocycles. The molecule has 0 aliphatic rings. The number of sulfonamides is 1. The topological polar surface area (TPSA) is 83.5 Å². The largest absolute Gasteiger partial charge is 0.511 e. The average molecular weight is 263 g/mol. The molecule has 0 aliphatic carbocycles. The summed E-state index contributed by atoms with van der Waals surface area (Å²) in [5, 5.41) is 8.42. The van der Waals surface area contributed by atoms with Gasteiger partial charge < -0.3 is 5.11 Å². The van der Waals surface area contributed by atoms with Gasteiger partial charge in [0.15, 0.2) is 0 Å². The molecule has 0 aromatic rings. The van der Waals surface area contributed by atoms with Crippen molar-refractivity contribution in [1.82, 2.24) is 4.72 Å². The quantitative estimate of drug-likeness (QED) is 0.772. The summed E-state index contributed by atoms with van der Waals surface area (Å²) < 4.78 is 58.8. The number of hydrogen-bond acceptors (Lipinski definition) is 3. The van der Waals surface area contributed by atoms with E-state index in [0.717, 1.165) is 0 Å². The Bertz CT molecular complexity index is 349. The van der Waals surface area contributed by atoms with E-state index in [9.17, 15) is 26.4 Å². The van der Waals surface area contributed by atoms with Crippen molar-refractivity contribution >= 4 is 16.0 Å². The second-order valence-corrected chi connectivity index (χ2v) is 5.22. The van der Waals surface area contributed by atoms with Gasteiger partial charge in [-0.15, -0.1) is 0 Å². The molecule has 0 heterocycles. The summed E-state index contributed by atoms with van der Waals surface area (Å²) in [5.41, 5.74) is -5.43. The average Bonchev–Trinajstić information content (AvgIpc) is 1.98. The van der Waals surface area contributed by atoms with Crippen LogP contribution in [0.3, 0.4) is 0 Å². The number of alkyl halides is 3. The number of halogens is 3. The number of carboxylic acid groups (broad SMARTS) is 1. The Morgan fingerprint density at radius 1 is 1.38 bits per heavy atom. The maximum atomic E-state index is 12.0. The summed E-state index contributed by atoms with van der Waals surface area (Å²) >= 11 is 0. The molecule has 0 bridgehead atoms. The van der Waals surface area contributed by atoms with E-state index in [1.54, 1.807) is 0 Å². The molecule has 16 heavy (non-hydrogen) atoms. The van der Waals surface area contributed by atoms with Gasteiger partial charge in [-0.2, -0.15) is 13.2 Å². The van der Waals surface area contributed by atoms with Crippen LogP contribution in [0.25, 0.3) is 0 Å². The van der Waals surface area contributed by atoms with Crippen LogP contribution in [-0.4, -0.2) is 31.0 Å². The molecule has 1 unspecified atom stereocenters. The molecule has 0 fully saturated rings. The van der Waals surface area contributed by atoms with Crippen molar-refractivity contribution < 1.29 is 31.5 Å². The third kappa shape index (κ3) is 4.35. The van der Waals surface area contributed by atoms with E-state index in [1.807, 2.05) is 0 Å². The minimum atomic E-state index is -5.50. The molecule has 0 saturated carbocycles. The van der Waals surface area contributed by atoms with Crippen LogP contribution < -0.4 is 4.72 Å². The number of hydrogen-bond donors (Lipinski definition) is 2. The Morgan fingerprint density at radius 3 is 2.06 bits per heavy atom. The fourth-order valence-electron chi connectivity index (χ4n) is 0.868. The van der Waals surface area contributed by atoms with Gasteiger partial charge in [0.05, 0.1) is 6.42 Å². The summed E-state index contributed by atoms with van der Waals surface area (Å²) in [6.45, 7) is 2.85. The Kier molecular flexibility index (Phi) is 4.74. The fraction of sp³-hybridized carbons (Fsp3) is 0.857. The Labute approximate surface area is 90.7 Å². The minimum absolute atomic E-state index is 0.562. The van der Waals surface area contributed by atoms with Gasteiger partial charge in [0, 0.05) is 6.04 Å². The van der Waals surface area contributed by atoms with Crippen LogP contribution in [-0.2, 0) is 14.8 Å². The first kappa shape index (κ1) is 15.2. The molecular formula is C7H12F3NO4S. The van der Waals surface area contributed by atoms with Crippen molar-refractivity contribution in [2.45, 2.75) is 31.8 Å². The van der Waals surface area contributed by atoms with Crippen LogP contribution in [0.5, 0.6) is 0 Å². The molecule has 0 aromatic heterocycles. The lowest BCUT2D eigenvalue weighted by Gasteiger charge is -2.21. The summed E-state index contributed by atoms with van der Waals surface area (Å²) in [6.07, 6.45) is -0.701. The maximum Gasteiger partial charge on any atom is 0.511 e. The van der Waals surface area contributed by atoms with E-state index < -0.39 is 39.9 Å². The van der Waals surface area contributed by atoms with E-state index >= 15 is 0 Å². The van der Waals surface area contributed by atoms with Crippen molar-refractivity contribution in [2.24, 2.45) is 5.92 Å². The predicted octanol–water partition coefficient (Wildman–Crippen LogP) is 0.925. The van der Waals surface area contributed by atoms with Crippen LogP contribution in [0.2, 0.25) is 0 Å². The van der Waals surface area contributed by atoms with Crippen LogP contribution in [0.1, 0.15) is 20.3 Å². The monoisotopic (exact) mass is 263 g/mol. The first-order chi connectivity index (χ1) is 6.97. The lowest BCUT2D eigenvalue weighted by atomic mass is 10.0. The molecule has 0 aromatic carbocycles. The molecular weight excluding hydrogens is 251 g/mol. The Balaban J connectivity index is 4.84. The highest BCUT2D eigenvalue weighted by molar-refractivity contribution is 7.90. The zero-order valence-electron chi connectivity index (χ0n) is 8.58. The molecule has 0 amide bonds. The van der Waals surface area contributed by atoms with Crippen molar-refractivity contribution in [3.8, 4) is 0 Å². The number of carbonyl (C=O) groups is 1. The first-order valence-electron chi connectivity index (χ1n) is 4.27. The zero-order valence-corrected chi connectivity index (χ0v) is 9.39. The highest BCUT2D eigenvalue weighted by Gasteiger charge is 2.47. The third-order valence-corrected chi connectivity index (χ3v) is 3.03. The van der Waals surface area contributed by atoms with Gasteiger partial charge in [0.1, 0.15) is 0 Å². The standard InChI is InChI=1S/C7H12F3NO4S/c1-4(2)5(3-6(12)13)11-16(14,15)7(8,9)10/h4-5,11H,3H2,1-2H3,(H,12,13). The summed E-state index contributed by atoms with van der Waals surface area (Å²) in [6, 6.07) is -1.29. The van der Waals surface area contributed by atoms with Crippen LogP contribution in [0.15, 0.2) is 0 Å². The number of aliphatic carboxylic acids is 1. The van der Waals surface area contributed by atoms with E-state index in [2.05, 4.69) is 0 Å². The molecule has 96 valence electrons. The predicted molar refractivity (Wildman–Crippen MR) is 49.0 cm³/mol. The van der Waals surface area contributed by atoms with E-state index in [0.29, 0.717) is 0 Å². The van der Waals surface area contributed by atoms with Crippen LogP contribution >= 0.6 is 0 Å². The van der Waals surface area contributed by atoms with Gasteiger partial charge in [-0.25, -0.2) is 13.1 Å². The Hall–Kier alpha value is -0.830. The molecule has 0 saturated heterocycles. The lowest BCUT2D eigenvalue weighted by Crippen LogP contribution is -2.45. The minimum Gasteiger partial charge on any atom is -0.481 e. The van der Waals surface area contributed by atoms with Gasteiger partial charge in [0.2, 0.25) is 0 Å². The van der Waals surface area contributed by atoms with E-state index in [-0.39, 0.29) is 0 Å². The van der Waals surface area contributed by atoms with Crippen LogP contribution in [0, 0.1) is 5.92 Å². The summed E-state index contributed by atoms with van der Waals surface area (Å²) in [4.78, 5) is 10.3. The van der Waals surface area contributed by atoms with Gasteiger partial charge >= 0.3 is 21.5 Å². The van der Waals surface area contributed by atoms with Crippen LogP contribution in [0.4, 0.5) is 13.2 Å². The first-order valence-corrected chi connectivity index (χ1v) is 5.76. The van der Waals surface area contributed by atoms with Crippen molar-refractivity contribution in [1.29, 1.82) is 0 Å². The Morgan fingerprint density at radius 2 is 1.81 bits per heavy atom. The van der Waals surface area contributed by atoms with E-state index in [4.69, 9.17) is 5.11 Å². The van der Waals surface area contributed by atoms with Gasteiger partial charge in [-0.3, -0.25) is 4.79 Å². The van der Waals surface area contributed by atoms with E-state index in [1.165, 1.54) is 18.6 Å². The van der Waals surface area contributed by atoms with Crippen molar-refractivity contribution in [2.75, 3.05) is 0 Å². The zero-order chi connectivity index (χ0) is 13.1. The maximum absolute atomic E-state index is 12.0. The number of carboxylic acids is 1. The van der Waals surface area contributed by atoms with Crippen molar-refractivity contribution in [3.63, 3.8) is 0 Å². The molecule has 0 spiro atoms. The second-order valence-electron chi connectivity index (χ2n) is 3.52. The molecule has 2 N–H and O–H groups in total. The third-order valence-electron chi connectivity index (χ3n) is 1.81. The van der Waals surface area contributed by atoms with Gasteiger partial charge in [-0.1, -0.05) is 13.8 Å². The second kappa shape index (κ2) is 5.00. The number of rotatable bonds is 5. The molecule has 0 rings (SSSR count). The summed E-state index contributed by atoms with van der Waals surface area (Å²) in [7, 11) is -5.50. The normalized spacial score (nSPS) is 15.1. The molecule has 5 nitrogen and oxygen atoms in total. The lowest BCUT2D eigenvalue weighted by molar-refractivity contribution is -0.137. The summed E-state index contributed by atoms with van der Waals surface area (Å²) in [5.74, 6) is -1.93. The number of nitrogens with one attached hydrogen (secondary N) is 1. The van der Waals surface area contributed by atoms with Gasteiger partial charge in [-0.05, 0) is 5.92 Å². The smallest absolute Gasteiger partial charge is 0.481 e. The molecule has 9 heteroatoms. The van der Waals surface area contributed by atoms with Crippen molar-refractivity contribution in [3.05, 3.63) is 0 Å². The highest BCUT2D eigenvalue weighted by Crippen LogP contribution is 2.23. The van der Waals surface area contributed by atoms with Gasteiger partial charge in [0.25, 0.3) is 0 Å².